The van der Waals surface area contributed by atoms with Crippen molar-refractivity contribution >= 4 is 47.1 Å². The fourth-order valence-corrected chi connectivity index (χ4v) is 5.93. The lowest BCUT2D eigenvalue weighted by molar-refractivity contribution is -0.208. The average molecular weight is 721 g/mol. The molecule has 2 aliphatic heterocycles. The van der Waals surface area contributed by atoms with E-state index in [1.165, 1.54) is 0 Å². The first-order chi connectivity index (χ1) is 25.0. The third kappa shape index (κ3) is 10.3. The van der Waals surface area contributed by atoms with Gasteiger partial charge in [0, 0.05) is 69.3 Å². The molecule has 1 fully saturated rings. The first kappa shape index (κ1) is 39.9. The third-order valence-corrected chi connectivity index (χ3v) is 9.07. The maximum absolute atomic E-state index is 13.7. The number of nitrogens with two attached hydrogens (primary N) is 1. The molecule has 5 unspecified atom stereocenters. The molecule has 1 aromatic heterocycles. The molecule has 1 saturated heterocycles. The molecule has 2 aromatic carbocycles. The highest BCUT2D eigenvalue weighted by molar-refractivity contribution is 6.03. The lowest BCUT2D eigenvalue weighted by Crippen LogP contribution is -2.46. The van der Waals surface area contributed by atoms with Crippen molar-refractivity contribution in [3.63, 3.8) is 0 Å². The number of anilines is 3. The molecule has 6 N–H and O–H groups in total. The van der Waals surface area contributed by atoms with Gasteiger partial charge in [-0.25, -0.2) is 0 Å². The Morgan fingerprint density at radius 1 is 1.15 bits per heavy atom. The minimum atomic E-state index is -0.879. The van der Waals surface area contributed by atoms with Crippen molar-refractivity contribution < 1.29 is 38.8 Å². The molecule has 2 aliphatic rings. The van der Waals surface area contributed by atoms with Crippen LogP contribution in [0.1, 0.15) is 73.7 Å². The van der Waals surface area contributed by atoms with Gasteiger partial charge in [-0.15, -0.1) is 0 Å². The zero-order valence-corrected chi connectivity index (χ0v) is 30.6. The Balaban J connectivity index is 0.000000585. The number of nitrogens with one attached hydrogen (secondary N) is 2. The van der Waals surface area contributed by atoms with Crippen molar-refractivity contribution in [2.75, 3.05) is 43.2 Å². The smallest absolute Gasteiger partial charge is 0.256 e. The summed E-state index contributed by atoms with van der Waals surface area (Å²) in [6, 6.07) is 12.3. The number of hydrogen-bond donors (Lipinski definition) is 5. The van der Waals surface area contributed by atoms with E-state index in [1.807, 2.05) is 45.2 Å². The molecule has 52 heavy (non-hydrogen) atoms. The van der Waals surface area contributed by atoms with Crippen molar-refractivity contribution in [2.24, 2.45) is 18.0 Å². The molecule has 0 aliphatic carbocycles. The van der Waals surface area contributed by atoms with Gasteiger partial charge in [-0.2, -0.15) is 0 Å². The van der Waals surface area contributed by atoms with Crippen molar-refractivity contribution in [2.45, 2.75) is 77.4 Å². The highest BCUT2D eigenvalue weighted by Crippen LogP contribution is 2.39. The van der Waals surface area contributed by atoms with Crippen LogP contribution in [0.5, 0.6) is 11.5 Å². The maximum atomic E-state index is 13.7. The zero-order chi connectivity index (χ0) is 37.8. The van der Waals surface area contributed by atoms with Gasteiger partial charge in [0.05, 0.1) is 54.1 Å². The van der Waals surface area contributed by atoms with Crippen LogP contribution in [0.2, 0.25) is 0 Å². The maximum Gasteiger partial charge on any atom is 0.256 e. The van der Waals surface area contributed by atoms with Gasteiger partial charge in [0.2, 0.25) is 12.2 Å². The summed E-state index contributed by atoms with van der Waals surface area (Å²) in [6.45, 7) is 6.29. The van der Waals surface area contributed by atoms with E-state index < -0.39 is 18.5 Å². The number of hydrogen-bond acceptors (Lipinski definition) is 11. The number of amides is 2. The number of carbonyl (C=O) groups excluding carboxylic acids is 3. The van der Waals surface area contributed by atoms with Crippen molar-refractivity contribution in [1.82, 2.24) is 9.47 Å². The predicted octanol–water partition coefficient (Wildman–Crippen LogP) is 4.78. The molecule has 5 atom stereocenters. The number of aldehydes is 1. The van der Waals surface area contributed by atoms with E-state index in [4.69, 9.17) is 19.9 Å². The first-order valence-electron chi connectivity index (χ1n) is 17.7. The number of fused-ring (bicyclic) bond motifs is 1. The minimum absolute atomic E-state index is 0.150. The van der Waals surface area contributed by atoms with E-state index in [1.54, 1.807) is 54.0 Å². The monoisotopic (exact) mass is 720 g/mol. The number of aliphatic hydroxyl groups excluding tert-OH is 2. The van der Waals surface area contributed by atoms with Gasteiger partial charge in [0.1, 0.15) is 0 Å². The summed E-state index contributed by atoms with van der Waals surface area (Å²) in [5.41, 5.74) is 9.14. The molecule has 5 rings (SSSR count). The van der Waals surface area contributed by atoms with Crippen LogP contribution in [0.15, 0.2) is 53.7 Å². The predicted molar refractivity (Wildman–Crippen MR) is 201 cm³/mol. The molecule has 0 radical (unpaired) electrons. The number of carbonyl (C=O) groups is 3. The van der Waals surface area contributed by atoms with E-state index in [2.05, 4.69) is 15.6 Å². The van der Waals surface area contributed by atoms with Gasteiger partial charge < -0.3 is 50.3 Å². The molecule has 0 bridgehead atoms. The number of benzene rings is 2. The third-order valence-electron chi connectivity index (χ3n) is 9.07. The Morgan fingerprint density at radius 2 is 1.90 bits per heavy atom. The van der Waals surface area contributed by atoms with Gasteiger partial charge in [-0.05, 0) is 55.7 Å². The Labute approximate surface area is 304 Å². The molecule has 0 spiro atoms. The lowest BCUT2D eigenvalue weighted by atomic mass is 9.93. The number of aromatic nitrogens is 1. The molecule has 2 amide bonds. The molecule has 3 heterocycles. The van der Waals surface area contributed by atoms with E-state index in [9.17, 15) is 24.6 Å². The number of nitrogens with zero attached hydrogens (tertiary/aromatic N) is 3. The van der Waals surface area contributed by atoms with Crippen LogP contribution in [0.3, 0.4) is 0 Å². The fraction of sp³-hybridized carbons (Fsp3) is 0.474. The van der Waals surface area contributed by atoms with Crippen molar-refractivity contribution in [1.29, 1.82) is 0 Å². The lowest BCUT2D eigenvalue weighted by Gasteiger charge is -2.37. The minimum Gasteiger partial charge on any atom is -0.490 e. The molecule has 0 saturated carbocycles. The molecular formula is C38H52N6O8. The quantitative estimate of drug-likeness (QED) is 0.0881. The van der Waals surface area contributed by atoms with Gasteiger partial charge >= 0.3 is 0 Å². The topological polar surface area (TPSA) is 190 Å². The van der Waals surface area contributed by atoms with Gasteiger partial charge in [-0.1, -0.05) is 20.8 Å². The van der Waals surface area contributed by atoms with Gasteiger partial charge in [0.15, 0.2) is 17.8 Å². The number of rotatable bonds is 14. The average Bonchev–Trinajstić information content (AvgIpc) is 3.44. The Hall–Kier alpha value is -4.92. The highest BCUT2D eigenvalue weighted by Gasteiger charge is 2.37. The van der Waals surface area contributed by atoms with E-state index in [0.29, 0.717) is 54.1 Å². The number of aliphatic hydroxyl groups is 2. The molecule has 14 heteroatoms. The summed E-state index contributed by atoms with van der Waals surface area (Å²) < 4.78 is 19.8. The Kier molecular flexibility index (Phi) is 14.6. The number of aryl methyl sites for hydroxylation is 1. The van der Waals surface area contributed by atoms with Crippen molar-refractivity contribution in [3.05, 3.63) is 59.9 Å². The normalized spacial score (nSPS) is 20.9. The summed E-state index contributed by atoms with van der Waals surface area (Å²) in [5.74, 6) is -0.108. The number of nitrogen functional groups attached to an aromatic ring is 1. The fourth-order valence-electron chi connectivity index (χ4n) is 5.93. The molecular weight excluding hydrogens is 668 g/mol. The summed E-state index contributed by atoms with van der Waals surface area (Å²) in [5, 5.41) is 26.1. The molecule has 3 aromatic rings. The second-order valence-electron chi connectivity index (χ2n) is 12.9. The SMILES string of the molecule is CCCN1C(=O)c2cc(OC3CC(O)C(C)C(CO)O3)c(OCCCC(=O)Nc3cc(C=O)n(C)c3)cc2N=CC1CC.CNc1ccc(N)cc1. The van der Waals surface area contributed by atoms with Crippen LogP contribution in [-0.2, 0) is 16.6 Å². The Morgan fingerprint density at radius 3 is 2.54 bits per heavy atom. The van der Waals surface area contributed by atoms with Gasteiger partial charge in [0.25, 0.3) is 5.91 Å². The molecule has 14 nitrogen and oxygen atoms in total. The van der Waals surface area contributed by atoms with Crippen LogP contribution >= 0.6 is 0 Å². The second-order valence-corrected chi connectivity index (χ2v) is 12.9. The number of ether oxygens (including phenoxy) is 3. The highest BCUT2D eigenvalue weighted by atomic mass is 16.7. The largest absolute Gasteiger partial charge is 0.490 e. The standard InChI is InChI=1S/C31H42N4O8.C7H10N2/c1-5-9-35-21(6-2)15-32-24-13-26(41-10-7-8-29(39)33-20-11-22(17-36)34(4)16-20)27(12-23(24)31(35)40)42-30-14-25(38)19(3)28(18-37)43-30;1-9-7-4-2-6(8)3-5-7/h11-13,15-17,19,21,25,28,30,37-38H,5-10,14,18H2,1-4H3,(H,33,39);2-5,9H,8H2,1H3. The van der Waals surface area contributed by atoms with E-state index in [-0.39, 0.29) is 55.6 Å². The summed E-state index contributed by atoms with van der Waals surface area (Å²) >= 11 is 0. The molecule has 282 valence electrons. The van der Waals surface area contributed by atoms with Gasteiger partial charge in [-0.3, -0.25) is 19.4 Å². The van der Waals surface area contributed by atoms with Crippen LogP contribution in [0.25, 0.3) is 0 Å². The van der Waals surface area contributed by atoms with E-state index in [0.717, 1.165) is 17.8 Å². The summed E-state index contributed by atoms with van der Waals surface area (Å²) in [7, 11) is 3.60. The summed E-state index contributed by atoms with van der Waals surface area (Å²) in [6.07, 6.45) is 4.15. The van der Waals surface area contributed by atoms with E-state index >= 15 is 0 Å². The van der Waals surface area contributed by atoms with Crippen molar-refractivity contribution in [3.8, 4) is 11.5 Å². The zero-order valence-electron chi connectivity index (χ0n) is 30.6. The number of aliphatic imine (C=N–C) groups is 1. The van der Waals surface area contributed by atoms with Crippen LogP contribution in [0.4, 0.5) is 22.7 Å². The first-order valence-corrected chi connectivity index (χ1v) is 17.7. The summed E-state index contributed by atoms with van der Waals surface area (Å²) in [4.78, 5) is 43.6. The second kappa shape index (κ2) is 19.1. The van der Waals surface area contributed by atoms with Crippen LogP contribution < -0.4 is 25.8 Å². The van der Waals surface area contributed by atoms with Crippen LogP contribution in [-0.4, -0.2) is 95.3 Å². The van der Waals surface area contributed by atoms with Crippen LogP contribution in [0, 0.1) is 5.92 Å². The Bertz CT molecular complexity index is 1680.